The highest BCUT2D eigenvalue weighted by atomic mass is 16.1. The molecule has 0 radical (unpaired) electrons. The van der Waals surface area contributed by atoms with Crippen molar-refractivity contribution < 1.29 is 4.79 Å². The van der Waals surface area contributed by atoms with Gasteiger partial charge in [-0.25, -0.2) is 4.98 Å². The van der Waals surface area contributed by atoms with E-state index in [1.165, 1.54) is 19.3 Å². The summed E-state index contributed by atoms with van der Waals surface area (Å²) in [5, 5.41) is 3.02. The monoisotopic (exact) mass is 221 g/mol. The summed E-state index contributed by atoms with van der Waals surface area (Å²) in [7, 11) is 0. The third kappa shape index (κ3) is 2.62. The first kappa shape index (κ1) is 11.2. The van der Waals surface area contributed by atoms with E-state index in [-0.39, 0.29) is 17.9 Å². The zero-order valence-corrected chi connectivity index (χ0v) is 9.70. The minimum Gasteiger partial charge on any atom is -0.347 e. The van der Waals surface area contributed by atoms with Gasteiger partial charge in [-0.2, -0.15) is 0 Å². The summed E-state index contributed by atoms with van der Waals surface area (Å²) in [6.45, 7) is 1.96. The molecule has 2 rings (SSSR count). The van der Waals surface area contributed by atoms with Crippen molar-refractivity contribution in [2.75, 3.05) is 0 Å². The molecular weight excluding hydrogens is 202 g/mol. The van der Waals surface area contributed by atoms with Gasteiger partial charge in [0, 0.05) is 18.3 Å². The van der Waals surface area contributed by atoms with Gasteiger partial charge in [-0.1, -0.05) is 19.3 Å². The minimum atomic E-state index is -0.0237. The molecule has 1 fully saturated rings. The lowest BCUT2D eigenvalue weighted by Crippen LogP contribution is -2.34. The number of aromatic amines is 1. The molecule has 4 nitrogen and oxygen atoms in total. The number of imidazole rings is 1. The fourth-order valence-electron chi connectivity index (χ4n) is 2.28. The van der Waals surface area contributed by atoms with Gasteiger partial charge >= 0.3 is 0 Å². The number of H-pyrrole nitrogens is 1. The Morgan fingerprint density at radius 2 is 2.25 bits per heavy atom. The third-order valence-electron chi connectivity index (χ3n) is 3.26. The molecule has 1 unspecified atom stereocenters. The van der Waals surface area contributed by atoms with Crippen molar-refractivity contribution in [3.05, 3.63) is 18.2 Å². The average molecular weight is 221 g/mol. The number of nitrogens with zero attached hydrogens (tertiary/aromatic N) is 1. The molecule has 1 heterocycles. The standard InChI is InChI=1S/C12H19N3O/c1-9(11-13-7-8-14-11)15-12(16)10-5-3-2-4-6-10/h7-10H,2-6H2,1H3,(H,13,14)(H,15,16). The highest BCUT2D eigenvalue weighted by Gasteiger charge is 2.22. The van der Waals surface area contributed by atoms with E-state index in [9.17, 15) is 4.79 Å². The van der Waals surface area contributed by atoms with Crippen LogP contribution in [0.4, 0.5) is 0 Å². The van der Waals surface area contributed by atoms with Crippen LogP contribution in [0.1, 0.15) is 50.9 Å². The van der Waals surface area contributed by atoms with Crippen LogP contribution >= 0.6 is 0 Å². The van der Waals surface area contributed by atoms with Gasteiger partial charge in [0.05, 0.1) is 6.04 Å². The molecule has 16 heavy (non-hydrogen) atoms. The Bertz CT molecular complexity index is 328. The predicted molar refractivity (Wildman–Crippen MR) is 61.7 cm³/mol. The average Bonchev–Trinajstić information content (AvgIpc) is 2.83. The molecule has 0 aliphatic heterocycles. The lowest BCUT2D eigenvalue weighted by molar-refractivity contribution is -0.126. The summed E-state index contributed by atoms with van der Waals surface area (Å²) < 4.78 is 0. The largest absolute Gasteiger partial charge is 0.347 e. The normalized spacial score (nSPS) is 19.3. The molecule has 2 N–H and O–H groups in total. The number of nitrogens with one attached hydrogen (secondary N) is 2. The second-order valence-corrected chi connectivity index (χ2v) is 4.54. The highest BCUT2D eigenvalue weighted by Crippen LogP contribution is 2.24. The van der Waals surface area contributed by atoms with Crippen molar-refractivity contribution >= 4 is 5.91 Å². The number of aromatic nitrogens is 2. The Labute approximate surface area is 95.9 Å². The zero-order chi connectivity index (χ0) is 11.4. The highest BCUT2D eigenvalue weighted by molar-refractivity contribution is 5.79. The maximum atomic E-state index is 12.0. The maximum absolute atomic E-state index is 12.0. The second-order valence-electron chi connectivity index (χ2n) is 4.54. The van der Waals surface area contributed by atoms with Crippen molar-refractivity contribution in [2.24, 2.45) is 5.92 Å². The fraction of sp³-hybridized carbons (Fsp3) is 0.667. The van der Waals surface area contributed by atoms with E-state index in [4.69, 9.17) is 0 Å². The van der Waals surface area contributed by atoms with Crippen LogP contribution in [0.5, 0.6) is 0 Å². The first-order chi connectivity index (χ1) is 7.77. The Morgan fingerprint density at radius 1 is 1.50 bits per heavy atom. The molecule has 0 spiro atoms. The van der Waals surface area contributed by atoms with E-state index < -0.39 is 0 Å². The molecule has 1 aliphatic rings. The van der Waals surface area contributed by atoms with Crippen LogP contribution in [0.25, 0.3) is 0 Å². The predicted octanol–water partition coefficient (Wildman–Crippen LogP) is 2.17. The van der Waals surface area contributed by atoms with Gasteiger partial charge in [0.1, 0.15) is 5.82 Å². The van der Waals surface area contributed by atoms with Gasteiger partial charge < -0.3 is 10.3 Å². The summed E-state index contributed by atoms with van der Waals surface area (Å²) in [6, 6.07) is -0.0237. The van der Waals surface area contributed by atoms with Crippen molar-refractivity contribution in [3.8, 4) is 0 Å². The first-order valence-corrected chi connectivity index (χ1v) is 6.07. The number of carbonyl (C=O) groups is 1. The van der Waals surface area contributed by atoms with Gasteiger partial charge in [0.15, 0.2) is 0 Å². The van der Waals surface area contributed by atoms with E-state index in [0.717, 1.165) is 18.7 Å². The number of carbonyl (C=O) groups excluding carboxylic acids is 1. The van der Waals surface area contributed by atoms with Crippen LogP contribution in [0.2, 0.25) is 0 Å². The molecule has 0 bridgehead atoms. The molecule has 1 saturated carbocycles. The van der Waals surface area contributed by atoms with Crippen molar-refractivity contribution in [1.82, 2.24) is 15.3 Å². The lowest BCUT2D eigenvalue weighted by Gasteiger charge is -2.22. The summed E-state index contributed by atoms with van der Waals surface area (Å²) in [6.07, 6.45) is 9.21. The molecule has 0 saturated heterocycles. The molecule has 1 aromatic heterocycles. The number of rotatable bonds is 3. The van der Waals surface area contributed by atoms with Gasteiger partial charge in [-0.3, -0.25) is 4.79 Å². The van der Waals surface area contributed by atoms with Crippen LogP contribution in [0.15, 0.2) is 12.4 Å². The molecule has 4 heteroatoms. The minimum absolute atomic E-state index is 0.0237. The van der Waals surface area contributed by atoms with Crippen LogP contribution in [0, 0.1) is 5.92 Å². The molecule has 1 aromatic rings. The summed E-state index contributed by atoms with van der Waals surface area (Å²) in [5.41, 5.74) is 0. The van der Waals surface area contributed by atoms with Gasteiger partial charge in [-0.15, -0.1) is 0 Å². The quantitative estimate of drug-likeness (QED) is 0.821. The molecular formula is C12H19N3O. The van der Waals surface area contributed by atoms with Crippen molar-refractivity contribution in [3.63, 3.8) is 0 Å². The lowest BCUT2D eigenvalue weighted by atomic mass is 9.88. The fourth-order valence-corrected chi connectivity index (χ4v) is 2.28. The SMILES string of the molecule is CC(NC(=O)C1CCCCC1)c1ncc[nH]1. The smallest absolute Gasteiger partial charge is 0.223 e. The Morgan fingerprint density at radius 3 is 2.88 bits per heavy atom. The topological polar surface area (TPSA) is 57.8 Å². The van der Waals surface area contributed by atoms with Crippen molar-refractivity contribution in [2.45, 2.75) is 45.1 Å². The Kier molecular flexibility index (Phi) is 3.59. The summed E-state index contributed by atoms with van der Waals surface area (Å²) in [5.74, 6) is 1.22. The van der Waals surface area contributed by atoms with E-state index in [1.54, 1.807) is 12.4 Å². The number of amides is 1. The Balaban J connectivity index is 1.86. The van der Waals surface area contributed by atoms with Gasteiger partial charge in [-0.05, 0) is 19.8 Å². The van der Waals surface area contributed by atoms with Crippen LogP contribution in [0.3, 0.4) is 0 Å². The molecule has 1 aliphatic carbocycles. The number of hydrogen-bond donors (Lipinski definition) is 2. The number of hydrogen-bond acceptors (Lipinski definition) is 2. The van der Waals surface area contributed by atoms with E-state index >= 15 is 0 Å². The third-order valence-corrected chi connectivity index (χ3v) is 3.26. The van der Waals surface area contributed by atoms with Gasteiger partial charge in [0.2, 0.25) is 5.91 Å². The molecule has 88 valence electrons. The molecule has 1 amide bonds. The summed E-state index contributed by atoms with van der Waals surface area (Å²) in [4.78, 5) is 19.1. The van der Waals surface area contributed by atoms with Gasteiger partial charge in [0.25, 0.3) is 0 Å². The van der Waals surface area contributed by atoms with Crippen LogP contribution in [-0.4, -0.2) is 15.9 Å². The van der Waals surface area contributed by atoms with Crippen molar-refractivity contribution in [1.29, 1.82) is 0 Å². The first-order valence-electron chi connectivity index (χ1n) is 6.07. The maximum Gasteiger partial charge on any atom is 0.223 e. The van der Waals surface area contributed by atoms with E-state index in [1.807, 2.05) is 6.92 Å². The molecule has 1 atom stereocenters. The summed E-state index contributed by atoms with van der Waals surface area (Å²) >= 11 is 0. The molecule has 0 aromatic carbocycles. The van der Waals surface area contributed by atoms with E-state index in [0.29, 0.717) is 0 Å². The van der Waals surface area contributed by atoms with E-state index in [2.05, 4.69) is 15.3 Å². The Hall–Kier alpha value is -1.32. The van der Waals surface area contributed by atoms with Crippen LogP contribution in [-0.2, 0) is 4.79 Å². The zero-order valence-electron chi connectivity index (χ0n) is 9.70. The van der Waals surface area contributed by atoms with Crippen LogP contribution < -0.4 is 5.32 Å². The second kappa shape index (κ2) is 5.14.